The Hall–Kier alpha value is -2.69. The number of hydrogen-bond donors (Lipinski definition) is 2. The van der Waals surface area contributed by atoms with E-state index in [-0.39, 0.29) is 16.8 Å². The molecule has 0 spiro atoms. The molecule has 0 amide bonds. The summed E-state index contributed by atoms with van der Waals surface area (Å²) in [6, 6.07) is 12.2. The van der Waals surface area contributed by atoms with Crippen LogP contribution in [0.3, 0.4) is 0 Å². The van der Waals surface area contributed by atoms with E-state index in [0.717, 1.165) is 24.9 Å². The SMILES string of the molecule is Cc1nc2ccc(S(=O)(=O)n3nc(NCCc4ccc(Cl)cc4)nc3N)cc2s1. The lowest BCUT2D eigenvalue weighted by Gasteiger charge is -2.05. The molecule has 4 rings (SSSR count). The third kappa shape index (κ3) is 4.04. The van der Waals surface area contributed by atoms with Gasteiger partial charge in [0.2, 0.25) is 11.9 Å². The minimum Gasteiger partial charge on any atom is -0.367 e. The Morgan fingerprint density at radius 1 is 1.17 bits per heavy atom. The number of hydrogen-bond acceptors (Lipinski definition) is 8. The number of nitrogens with zero attached hydrogens (tertiary/aromatic N) is 4. The average Bonchev–Trinajstić information content (AvgIpc) is 3.24. The molecule has 0 aliphatic rings. The highest BCUT2D eigenvalue weighted by Gasteiger charge is 2.23. The molecule has 3 N–H and O–H groups in total. The minimum absolute atomic E-state index is 0.0814. The van der Waals surface area contributed by atoms with Crippen LogP contribution in [0, 0.1) is 6.92 Å². The third-order valence-electron chi connectivity index (χ3n) is 4.20. The summed E-state index contributed by atoms with van der Waals surface area (Å²) in [6.45, 7) is 2.38. The van der Waals surface area contributed by atoms with E-state index in [2.05, 4.69) is 20.4 Å². The predicted octanol–water partition coefficient (Wildman–Crippen LogP) is 3.32. The minimum atomic E-state index is -3.97. The van der Waals surface area contributed by atoms with Crippen molar-refractivity contribution in [2.75, 3.05) is 17.6 Å². The Kier molecular flexibility index (Phi) is 5.15. The number of aryl methyl sites for hydroxylation is 1. The smallest absolute Gasteiger partial charge is 0.286 e. The summed E-state index contributed by atoms with van der Waals surface area (Å²) in [5.41, 5.74) is 7.66. The van der Waals surface area contributed by atoms with Gasteiger partial charge in [-0.2, -0.15) is 13.4 Å². The van der Waals surface area contributed by atoms with Gasteiger partial charge >= 0.3 is 0 Å². The monoisotopic (exact) mass is 448 g/mol. The van der Waals surface area contributed by atoms with Crippen molar-refractivity contribution < 1.29 is 8.42 Å². The topological polar surface area (TPSA) is 116 Å². The summed E-state index contributed by atoms with van der Waals surface area (Å²) in [5.74, 6) is -0.0608. The lowest BCUT2D eigenvalue weighted by atomic mass is 10.1. The Morgan fingerprint density at radius 3 is 2.69 bits per heavy atom. The van der Waals surface area contributed by atoms with Crippen LogP contribution in [0.2, 0.25) is 5.02 Å². The summed E-state index contributed by atoms with van der Waals surface area (Å²) in [5, 5.41) is 8.57. The number of nitrogens with one attached hydrogen (secondary N) is 1. The quantitative estimate of drug-likeness (QED) is 0.464. The number of benzene rings is 2. The van der Waals surface area contributed by atoms with E-state index in [1.165, 1.54) is 17.4 Å². The fourth-order valence-electron chi connectivity index (χ4n) is 2.81. The predicted molar refractivity (Wildman–Crippen MR) is 115 cm³/mol. The highest BCUT2D eigenvalue weighted by Crippen LogP contribution is 2.26. The molecule has 8 nitrogen and oxygen atoms in total. The highest BCUT2D eigenvalue weighted by atomic mass is 35.5. The summed E-state index contributed by atoms with van der Waals surface area (Å²) >= 11 is 7.30. The van der Waals surface area contributed by atoms with E-state index < -0.39 is 10.0 Å². The van der Waals surface area contributed by atoms with Gasteiger partial charge in [0.25, 0.3) is 10.0 Å². The Balaban J connectivity index is 1.53. The van der Waals surface area contributed by atoms with Gasteiger partial charge in [-0.25, -0.2) is 4.98 Å². The molecule has 2 aromatic heterocycles. The molecule has 11 heteroatoms. The molecule has 29 heavy (non-hydrogen) atoms. The number of aromatic nitrogens is 4. The van der Waals surface area contributed by atoms with Crippen LogP contribution in [-0.2, 0) is 16.4 Å². The first-order valence-electron chi connectivity index (χ1n) is 8.66. The zero-order valence-corrected chi connectivity index (χ0v) is 17.7. The number of rotatable bonds is 6. The van der Waals surface area contributed by atoms with Gasteiger partial charge in [0.15, 0.2) is 0 Å². The molecule has 0 radical (unpaired) electrons. The molecular weight excluding hydrogens is 432 g/mol. The van der Waals surface area contributed by atoms with Crippen LogP contribution in [0.1, 0.15) is 10.6 Å². The van der Waals surface area contributed by atoms with Crippen molar-refractivity contribution in [3.8, 4) is 0 Å². The van der Waals surface area contributed by atoms with Crippen LogP contribution in [0.25, 0.3) is 10.2 Å². The molecule has 0 unspecified atom stereocenters. The van der Waals surface area contributed by atoms with E-state index in [9.17, 15) is 8.42 Å². The van der Waals surface area contributed by atoms with Gasteiger partial charge in [-0.3, -0.25) is 0 Å². The van der Waals surface area contributed by atoms with Crippen molar-refractivity contribution >= 4 is 55.1 Å². The first kappa shape index (κ1) is 19.6. The normalized spacial score (nSPS) is 11.8. The van der Waals surface area contributed by atoms with Crippen molar-refractivity contribution in [1.29, 1.82) is 0 Å². The summed E-state index contributed by atoms with van der Waals surface area (Å²) in [4.78, 5) is 8.45. The van der Waals surface area contributed by atoms with Crippen molar-refractivity contribution in [3.63, 3.8) is 0 Å². The molecule has 0 atom stereocenters. The van der Waals surface area contributed by atoms with E-state index >= 15 is 0 Å². The molecule has 0 aliphatic heterocycles. The molecule has 2 aromatic carbocycles. The van der Waals surface area contributed by atoms with E-state index in [0.29, 0.717) is 18.0 Å². The van der Waals surface area contributed by atoms with Gasteiger partial charge in [0.05, 0.1) is 20.1 Å². The maximum absolute atomic E-state index is 13.0. The molecular formula is C18H17ClN6O2S2. The fraction of sp³-hybridized carbons (Fsp3) is 0.167. The van der Waals surface area contributed by atoms with Gasteiger partial charge < -0.3 is 11.1 Å². The van der Waals surface area contributed by atoms with Gasteiger partial charge in [-0.05, 0) is 49.2 Å². The zero-order valence-electron chi connectivity index (χ0n) is 15.3. The van der Waals surface area contributed by atoms with Gasteiger partial charge in [-0.1, -0.05) is 23.7 Å². The first-order chi connectivity index (χ1) is 13.8. The average molecular weight is 449 g/mol. The number of fused-ring (bicyclic) bond motifs is 1. The molecule has 4 aromatic rings. The summed E-state index contributed by atoms with van der Waals surface area (Å²) < 4.78 is 27.5. The number of nitrogen functional groups attached to an aromatic ring is 1. The largest absolute Gasteiger partial charge is 0.367 e. The third-order valence-corrected chi connectivity index (χ3v) is 6.96. The van der Waals surface area contributed by atoms with E-state index in [1.54, 1.807) is 12.1 Å². The lowest BCUT2D eigenvalue weighted by Crippen LogP contribution is -2.17. The molecule has 0 fully saturated rings. The van der Waals surface area contributed by atoms with Crippen LogP contribution < -0.4 is 11.1 Å². The van der Waals surface area contributed by atoms with Crippen molar-refractivity contribution in [2.24, 2.45) is 0 Å². The molecule has 0 aliphatic carbocycles. The Labute approximate surface area is 176 Å². The van der Waals surface area contributed by atoms with E-state index in [1.807, 2.05) is 31.2 Å². The fourth-order valence-corrected chi connectivity index (χ4v) is 5.06. The van der Waals surface area contributed by atoms with Crippen LogP contribution in [-0.4, -0.2) is 34.1 Å². The number of anilines is 2. The first-order valence-corrected chi connectivity index (χ1v) is 11.3. The Morgan fingerprint density at radius 2 is 1.93 bits per heavy atom. The number of thiazole rings is 1. The zero-order chi connectivity index (χ0) is 20.6. The second kappa shape index (κ2) is 7.62. The van der Waals surface area contributed by atoms with E-state index in [4.69, 9.17) is 17.3 Å². The maximum atomic E-state index is 13.0. The number of halogens is 1. The van der Waals surface area contributed by atoms with Crippen LogP contribution in [0.15, 0.2) is 47.4 Å². The molecule has 150 valence electrons. The van der Waals surface area contributed by atoms with Gasteiger partial charge in [0, 0.05) is 11.6 Å². The van der Waals surface area contributed by atoms with Gasteiger partial charge in [0.1, 0.15) is 0 Å². The molecule has 0 saturated heterocycles. The highest BCUT2D eigenvalue weighted by molar-refractivity contribution is 7.90. The summed E-state index contributed by atoms with van der Waals surface area (Å²) in [6.07, 6.45) is 0.694. The molecule has 0 saturated carbocycles. The van der Waals surface area contributed by atoms with Crippen molar-refractivity contribution in [2.45, 2.75) is 18.2 Å². The molecule has 2 heterocycles. The van der Waals surface area contributed by atoms with Crippen molar-refractivity contribution in [1.82, 2.24) is 19.2 Å². The van der Waals surface area contributed by atoms with Gasteiger partial charge in [-0.15, -0.1) is 20.5 Å². The second-order valence-electron chi connectivity index (χ2n) is 6.31. The second-order valence-corrected chi connectivity index (χ2v) is 9.75. The van der Waals surface area contributed by atoms with Crippen molar-refractivity contribution in [3.05, 3.63) is 58.1 Å². The van der Waals surface area contributed by atoms with Crippen LogP contribution in [0.4, 0.5) is 11.9 Å². The summed E-state index contributed by atoms with van der Waals surface area (Å²) in [7, 11) is -3.97. The standard InChI is InChI=1S/C18H17ClN6O2S2/c1-11-22-15-7-6-14(10-16(15)28-11)29(26,27)25-17(20)23-18(24-25)21-9-8-12-2-4-13(19)5-3-12/h2-7,10H,8-9H2,1H3,(H3,20,21,23,24). The Bertz CT molecular complexity index is 1280. The maximum Gasteiger partial charge on any atom is 0.286 e. The molecule has 0 bridgehead atoms. The van der Waals surface area contributed by atoms with Crippen LogP contribution >= 0.6 is 22.9 Å². The number of nitrogens with two attached hydrogens (primary N) is 1. The lowest BCUT2D eigenvalue weighted by molar-refractivity contribution is 0.581. The van der Waals surface area contributed by atoms with Crippen LogP contribution in [0.5, 0.6) is 0 Å².